The topological polar surface area (TPSA) is 16.1 Å². The van der Waals surface area contributed by atoms with Crippen molar-refractivity contribution in [2.45, 2.75) is 56.8 Å². The number of thiazole rings is 1. The quantitative estimate of drug-likeness (QED) is 0.620. The second-order valence-corrected chi connectivity index (χ2v) is 7.95. The van der Waals surface area contributed by atoms with Gasteiger partial charge in [0.2, 0.25) is 0 Å². The number of nitrogens with zero attached hydrogens (tertiary/aromatic N) is 2. The highest BCUT2D eigenvalue weighted by Gasteiger charge is 2.26. The van der Waals surface area contributed by atoms with E-state index in [4.69, 9.17) is 4.98 Å². The molecule has 0 saturated heterocycles. The summed E-state index contributed by atoms with van der Waals surface area (Å²) in [6, 6.07) is 8.38. The maximum atomic E-state index is 4.73. The van der Waals surface area contributed by atoms with Crippen molar-refractivity contribution < 1.29 is 0 Å². The third-order valence-electron chi connectivity index (χ3n) is 3.57. The molecular formula is C16H24N2S2. The van der Waals surface area contributed by atoms with Gasteiger partial charge in [0.1, 0.15) is 0 Å². The normalized spacial score (nSPS) is 12.4. The Labute approximate surface area is 130 Å². The maximum Gasteiger partial charge on any atom is 0.166 e. The number of benzene rings is 1. The molecule has 1 aromatic carbocycles. The molecule has 0 spiro atoms. The van der Waals surface area contributed by atoms with Crippen LogP contribution in [0.1, 0.15) is 47.0 Å². The van der Waals surface area contributed by atoms with Crippen LogP contribution >= 0.6 is 23.3 Å². The van der Waals surface area contributed by atoms with E-state index < -0.39 is 0 Å². The van der Waals surface area contributed by atoms with Crippen LogP contribution in [-0.2, 0) is 0 Å². The molecule has 0 atom stereocenters. The van der Waals surface area contributed by atoms with Crippen LogP contribution in [0.5, 0.6) is 0 Å². The first-order valence-electron chi connectivity index (χ1n) is 7.38. The highest BCUT2D eigenvalue weighted by atomic mass is 32.2. The minimum Gasteiger partial charge on any atom is -0.239 e. The van der Waals surface area contributed by atoms with Crippen LogP contribution in [0.3, 0.4) is 0 Å². The molecule has 0 fully saturated rings. The SMILES string of the molecule is CCCCC(C)(C)N(CC)Sc1nc2ccccc2s1. The van der Waals surface area contributed by atoms with Gasteiger partial charge in [0.15, 0.2) is 4.34 Å². The van der Waals surface area contributed by atoms with Gasteiger partial charge in [0.25, 0.3) is 0 Å². The lowest BCUT2D eigenvalue weighted by Gasteiger charge is -2.36. The summed E-state index contributed by atoms with van der Waals surface area (Å²) in [4.78, 5) is 4.73. The minimum atomic E-state index is 0.216. The summed E-state index contributed by atoms with van der Waals surface area (Å²) in [5.74, 6) is 0. The molecule has 0 amide bonds. The number of unbranched alkanes of at least 4 members (excludes halogenated alkanes) is 1. The standard InChI is InChI=1S/C16H24N2S2/c1-5-7-12-16(3,4)18(6-2)20-15-17-13-10-8-9-11-14(13)19-15/h8-11H,5-7,12H2,1-4H3. The van der Waals surface area contributed by atoms with Gasteiger partial charge in [-0.25, -0.2) is 9.29 Å². The largest absolute Gasteiger partial charge is 0.239 e. The Morgan fingerprint density at radius 2 is 2.00 bits per heavy atom. The fourth-order valence-electron chi connectivity index (χ4n) is 2.33. The molecule has 0 saturated carbocycles. The molecule has 2 rings (SSSR count). The first-order chi connectivity index (χ1) is 9.56. The third kappa shape index (κ3) is 3.74. The summed E-state index contributed by atoms with van der Waals surface area (Å²) in [6.07, 6.45) is 3.77. The van der Waals surface area contributed by atoms with Crippen molar-refractivity contribution in [1.82, 2.24) is 9.29 Å². The second kappa shape index (κ2) is 6.92. The lowest BCUT2D eigenvalue weighted by atomic mass is 9.97. The lowest BCUT2D eigenvalue weighted by Crippen LogP contribution is -2.38. The molecular weight excluding hydrogens is 284 g/mol. The van der Waals surface area contributed by atoms with Crippen molar-refractivity contribution in [3.63, 3.8) is 0 Å². The molecule has 0 N–H and O–H groups in total. The van der Waals surface area contributed by atoms with Gasteiger partial charge < -0.3 is 0 Å². The summed E-state index contributed by atoms with van der Waals surface area (Å²) in [7, 11) is 0. The van der Waals surface area contributed by atoms with Crippen LogP contribution in [0.25, 0.3) is 10.2 Å². The number of rotatable bonds is 7. The van der Waals surface area contributed by atoms with Crippen molar-refractivity contribution >= 4 is 33.5 Å². The van der Waals surface area contributed by atoms with Gasteiger partial charge in [-0.1, -0.05) is 38.8 Å². The van der Waals surface area contributed by atoms with Crippen molar-refractivity contribution in [3.8, 4) is 0 Å². The van der Waals surface area contributed by atoms with Gasteiger partial charge in [0, 0.05) is 12.1 Å². The number of aromatic nitrogens is 1. The van der Waals surface area contributed by atoms with E-state index in [1.54, 1.807) is 11.3 Å². The minimum absolute atomic E-state index is 0.216. The van der Waals surface area contributed by atoms with Crippen LogP contribution in [0.15, 0.2) is 28.6 Å². The van der Waals surface area contributed by atoms with Crippen LogP contribution in [0, 0.1) is 0 Å². The first kappa shape index (κ1) is 15.8. The highest BCUT2D eigenvalue weighted by Crippen LogP contribution is 2.36. The number of hydrogen-bond acceptors (Lipinski definition) is 4. The molecule has 0 aliphatic heterocycles. The van der Waals surface area contributed by atoms with Gasteiger partial charge in [0.05, 0.1) is 10.2 Å². The molecule has 0 bridgehead atoms. The van der Waals surface area contributed by atoms with Crippen molar-refractivity contribution in [2.24, 2.45) is 0 Å². The van der Waals surface area contributed by atoms with E-state index in [9.17, 15) is 0 Å². The first-order valence-corrected chi connectivity index (χ1v) is 8.97. The summed E-state index contributed by atoms with van der Waals surface area (Å²) in [6.45, 7) is 10.2. The van der Waals surface area contributed by atoms with E-state index in [2.05, 4.69) is 56.3 Å². The third-order valence-corrected chi connectivity index (χ3v) is 6.09. The zero-order chi connectivity index (χ0) is 14.6. The van der Waals surface area contributed by atoms with E-state index in [1.807, 2.05) is 11.9 Å². The Kier molecular flexibility index (Phi) is 5.47. The molecule has 0 unspecified atom stereocenters. The van der Waals surface area contributed by atoms with Gasteiger partial charge in [-0.05, 0) is 44.3 Å². The van der Waals surface area contributed by atoms with Crippen molar-refractivity contribution in [2.75, 3.05) is 6.54 Å². The highest BCUT2D eigenvalue weighted by molar-refractivity contribution is 7.99. The lowest BCUT2D eigenvalue weighted by molar-refractivity contribution is 0.236. The van der Waals surface area contributed by atoms with Gasteiger partial charge >= 0.3 is 0 Å². The smallest absolute Gasteiger partial charge is 0.166 e. The molecule has 1 heterocycles. The van der Waals surface area contributed by atoms with E-state index in [0.29, 0.717) is 0 Å². The van der Waals surface area contributed by atoms with Gasteiger partial charge in [-0.3, -0.25) is 0 Å². The monoisotopic (exact) mass is 308 g/mol. The molecule has 0 radical (unpaired) electrons. The average molecular weight is 309 g/mol. The Balaban J connectivity index is 2.12. The van der Waals surface area contributed by atoms with E-state index in [-0.39, 0.29) is 5.54 Å². The zero-order valence-electron chi connectivity index (χ0n) is 12.8. The van der Waals surface area contributed by atoms with Gasteiger partial charge in [-0.15, -0.1) is 11.3 Å². The second-order valence-electron chi connectivity index (χ2n) is 5.65. The molecule has 2 nitrogen and oxygen atoms in total. The molecule has 110 valence electrons. The molecule has 4 heteroatoms. The molecule has 0 aliphatic rings. The predicted octanol–water partition coefficient (Wildman–Crippen LogP) is 5.59. The summed E-state index contributed by atoms with van der Waals surface area (Å²) in [5, 5.41) is 0. The summed E-state index contributed by atoms with van der Waals surface area (Å²) < 4.78 is 4.90. The van der Waals surface area contributed by atoms with Crippen LogP contribution < -0.4 is 0 Å². The Morgan fingerprint density at radius 3 is 2.65 bits per heavy atom. The van der Waals surface area contributed by atoms with Crippen LogP contribution in [0.4, 0.5) is 0 Å². The van der Waals surface area contributed by atoms with Crippen LogP contribution in [-0.4, -0.2) is 21.4 Å². The maximum absolute atomic E-state index is 4.73. The van der Waals surface area contributed by atoms with E-state index in [0.717, 1.165) is 16.4 Å². The zero-order valence-corrected chi connectivity index (χ0v) is 14.5. The molecule has 1 aromatic heterocycles. The number of hydrogen-bond donors (Lipinski definition) is 0. The van der Waals surface area contributed by atoms with Gasteiger partial charge in [-0.2, -0.15) is 0 Å². The Hall–Kier alpha value is -0.580. The molecule has 2 aromatic rings. The number of fused-ring (bicyclic) bond motifs is 1. The van der Waals surface area contributed by atoms with Crippen molar-refractivity contribution in [3.05, 3.63) is 24.3 Å². The fraction of sp³-hybridized carbons (Fsp3) is 0.562. The average Bonchev–Trinajstić information content (AvgIpc) is 2.84. The molecule has 20 heavy (non-hydrogen) atoms. The Morgan fingerprint density at radius 1 is 1.25 bits per heavy atom. The Bertz CT molecular complexity index is 515. The summed E-state index contributed by atoms with van der Waals surface area (Å²) in [5.41, 5.74) is 1.33. The number of para-hydroxylation sites is 1. The van der Waals surface area contributed by atoms with Crippen LogP contribution in [0.2, 0.25) is 0 Å². The van der Waals surface area contributed by atoms with E-state index in [1.165, 1.54) is 24.0 Å². The molecule has 0 aliphatic carbocycles. The predicted molar refractivity (Wildman–Crippen MR) is 91.5 cm³/mol. The van der Waals surface area contributed by atoms with E-state index >= 15 is 0 Å². The summed E-state index contributed by atoms with van der Waals surface area (Å²) >= 11 is 3.60. The fourth-order valence-corrected chi connectivity index (χ4v) is 4.52. The van der Waals surface area contributed by atoms with Crippen molar-refractivity contribution in [1.29, 1.82) is 0 Å².